The third-order valence-electron chi connectivity index (χ3n) is 4.65. The number of ether oxygens (including phenoxy) is 2. The second kappa shape index (κ2) is 10.6. The first-order valence-electron chi connectivity index (χ1n) is 9.62. The fourth-order valence-electron chi connectivity index (χ4n) is 3.08. The standard InChI is InChI=1S/C22H21Cl3N2O3S/c1-3-4-7-27-21(28)18(26-22(27)31)9-13-5-6-19(29-2)14(8-13)12-30-20-16(24)10-15(23)11-17(20)25/h5-6,8-11H,3-4,7,12H2,1-2H3,(H,26,31)/b18-9+. The monoisotopic (exact) mass is 498 g/mol. The van der Waals surface area contributed by atoms with Gasteiger partial charge in [0.15, 0.2) is 10.9 Å². The lowest BCUT2D eigenvalue weighted by atomic mass is 10.1. The van der Waals surface area contributed by atoms with Crippen molar-refractivity contribution in [1.82, 2.24) is 10.2 Å². The summed E-state index contributed by atoms with van der Waals surface area (Å²) in [7, 11) is 1.57. The van der Waals surface area contributed by atoms with Gasteiger partial charge in [0.05, 0.1) is 17.2 Å². The highest BCUT2D eigenvalue weighted by molar-refractivity contribution is 7.80. The number of methoxy groups -OCH3 is 1. The van der Waals surface area contributed by atoms with E-state index in [-0.39, 0.29) is 12.5 Å². The largest absolute Gasteiger partial charge is 0.496 e. The van der Waals surface area contributed by atoms with Crippen molar-refractivity contribution in [2.75, 3.05) is 13.7 Å². The number of benzene rings is 2. The Bertz CT molecular complexity index is 1020. The van der Waals surface area contributed by atoms with Crippen molar-refractivity contribution in [3.63, 3.8) is 0 Å². The minimum Gasteiger partial charge on any atom is -0.496 e. The number of rotatable bonds is 8. The van der Waals surface area contributed by atoms with Gasteiger partial charge in [0.25, 0.3) is 5.91 Å². The van der Waals surface area contributed by atoms with Gasteiger partial charge in [0.2, 0.25) is 0 Å². The second-order valence-corrected chi connectivity index (χ2v) is 8.49. The molecule has 9 heteroatoms. The van der Waals surface area contributed by atoms with Crippen LogP contribution in [0.2, 0.25) is 15.1 Å². The normalized spacial score (nSPS) is 14.9. The summed E-state index contributed by atoms with van der Waals surface area (Å²) in [6.45, 7) is 2.83. The van der Waals surface area contributed by atoms with Crippen molar-refractivity contribution >= 4 is 64.1 Å². The van der Waals surface area contributed by atoms with E-state index in [0.717, 1.165) is 24.0 Å². The zero-order valence-electron chi connectivity index (χ0n) is 17.0. The molecule has 5 nitrogen and oxygen atoms in total. The van der Waals surface area contributed by atoms with Crippen LogP contribution in [0, 0.1) is 0 Å². The molecule has 0 aliphatic carbocycles. The summed E-state index contributed by atoms with van der Waals surface area (Å²) >= 11 is 23.7. The molecule has 0 bridgehead atoms. The molecule has 2 aromatic rings. The van der Waals surface area contributed by atoms with Crippen LogP contribution in [0.1, 0.15) is 30.9 Å². The van der Waals surface area contributed by atoms with Gasteiger partial charge in [-0.3, -0.25) is 9.69 Å². The highest BCUT2D eigenvalue weighted by Gasteiger charge is 2.29. The van der Waals surface area contributed by atoms with Crippen molar-refractivity contribution in [2.24, 2.45) is 0 Å². The van der Waals surface area contributed by atoms with E-state index in [2.05, 4.69) is 12.2 Å². The molecule has 1 fully saturated rings. The predicted octanol–water partition coefficient (Wildman–Crippen LogP) is 6.09. The molecule has 1 N–H and O–H groups in total. The van der Waals surface area contributed by atoms with E-state index in [1.54, 1.807) is 30.2 Å². The Hall–Kier alpha value is -1.99. The van der Waals surface area contributed by atoms with E-state index in [0.29, 0.717) is 43.9 Å². The number of hydrogen-bond donors (Lipinski definition) is 1. The summed E-state index contributed by atoms with van der Waals surface area (Å²) in [6, 6.07) is 8.66. The molecule has 0 radical (unpaired) electrons. The summed E-state index contributed by atoms with van der Waals surface area (Å²) in [4.78, 5) is 14.3. The maximum absolute atomic E-state index is 12.7. The second-order valence-electron chi connectivity index (χ2n) is 6.86. The van der Waals surface area contributed by atoms with Gasteiger partial charge < -0.3 is 14.8 Å². The van der Waals surface area contributed by atoms with Crippen LogP contribution in [0.15, 0.2) is 36.0 Å². The highest BCUT2D eigenvalue weighted by Crippen LogP contribution is 2.37. The fourth-order valence-corrected chi connectivity index (χ4v) is 4.29. The number of carbonyl (C=O) groups excluding carboxylic acids is 1. The number of unbranched alkanes of at least 4 members (excludes halogenated alkanes) is 1. The molecule has 1 saturated heterocycles. The van der Waals surface area contributed by atoms with Crippen molar-refractivity contribution in [1.29, 1.82) is 0 Å². The van der Waals surface area contributed by atoms with Gasteiger partial charge in [-0.1, -0.05) is 54.2 Å². The van der Waals surface area contributed by atoms with E-state index in [1.165, 1.54) is 0 Å². The van der Waals surface area contributed by atoms with E-state index in [4.69, 9.17) is 56.5 Å². The first-order valence-corrected chi connectivity index (χ1v) is 11.2. The Morgan fingerprint density at radius 2 is 1.87 bits per heavy atom. The van der Waals surface area contributed by atoms with Gasteiger partial charge in [-0.25, -0.2) is 0 Å². The van der Waals surface area contributed by atoms with Crippen molar-refractivity contribution in [2.45, 2.75) is 26.4 Å². The fraction of sp³-hybridized carbons (Fsp3) is 0.273. The minimum absolute atomic E-state index is 0.133. The lowest BCUT2D eigenvalue weighted by molar-refractivity contribution is -0.122. The number of nitrogens with one attached hydrogen (secondary N) is 1. The molecule has 1 heterocycles. The molecular weight excluding hydrogens is 479 g/mol. The Balaban J connectivity index is 1.82. The number of carbonyl (C=O) groups is 1. The molecule has 31 heavy (non-hydrogen) atoms. The molecule has 0 saturated carbocycles. The van der Waals surface area contributed by atoms with Crippen LogP contribution >= 0.6 is 47.0 Å². The SMILES string of the molecule is CCCCN1C(=O)/C(=C\c2ccc(OC)c(COc3c(Cl)cc(Cl)cc3Cl)c2)NC1=S. The Kier molecular flexibility index (Phi) is 8.06. The molecule has 164 valence electrons. The maximum Gasteiger partial charge on any atom is 0.276 e. The van der Waals surface area contributed by atoms with Gasteiger partial charge in [0, 0.05) is 17.1 Å². The molecule has 1 aliphatic rings. The summed E-state index contributed by atoms with van der Waals surface area (Å²) in [5.41, 5.74) is 1.99. The third kappa shape index (κ3) is 5.63. The van der Waals surface area contributed by atoms with Crippen LogP contribution < -0.4 is 14.8 Å². The zero-order valence-corrected chi connectivity index (χ0v) is 20.1. The molecule has 2 aromatic carbocycles. The van der Waals surface area contributed by atoms with Crippen LogP contribution in [0.3, 0.4) is 0 Å². The van der Waals surface area contributed by atoms with E-state index < -0.39 is 0 Å². The molecule has 0 aromatic heterocycles. The molecule has 1 aliphatic heterocycles. The Morgan fingerprint density at radius 1 is 1.16 bits per heavy atom. The molecule has 1 amide bonds. The van der Waals surface area contributed by atoms with Gasteiger partial charge >= 0.3 is 0 Å². The minimum atomic E-state index is -0.133. The van der Waals surface area contributed by atoms with Crippen LogP contribution in [0.4, 0.5) is 0 Å². The number of hydrogen-bond acceptors (Lipinski definition) is 4. The maximum atomic E-state index is 12.7. The van der Waals surface area contributed by atoms with Gasteiger partial charge in [0.1, 0.15) is 18.1 Å². The van der Waals surface area contributed by atoms with E-state index in [9.17, 15) is 4.79 Å². The molecule has 0 unspecified atom stereocenters. The van der Waals surface area contributed by atoms with Crippen LogP contribution in [0.25, 0.3) is 6.08 Å². The number of amides is 1. The lowest BCUT2D eigenvalue weighted by Gasteiger charge is -2.13. The summed E-state index contributed by atoms with van der Waals surface area (Å²) in [5.74, 6) is 0.837. The summed E-state index contributed by atoms with van der Waals surface area (Å²) < 4.78 is 11.3. The third-order valence-corrected chi connectivity index (χ3v) is 5.75. The van der Waals surface area contributed by atoms with Crippen molar-refractivity contribution in [3.8, 4) is 11.5 Å². The van der Waals surface area contributed by atoms with Crippen molar-refractivity contribution in [3.05, 3.63) is 62.2 Å². The highest BCUT2D eigenvalue weighted by atomic mass is 35.5. The lowest BCUT2D eigenvalue weighted by Crippen LogP contribution is -2.31. The zero-order chi connectivity index (χ0) is 22.5. The average Bonchev–Trinajstić information content (AvgIpc) is 2.98. The quantitative estimate of drug-likeness (QED) is 0.352. The summed E-state index contributed by atoms with van der Waals surface area (Å²) in [6.07, 6.45) is 3.63. The van der Waals surface area contributed by atoms with Crippen LogP contribution in [0.5, 0.6) is 11.5 Å². The van der Waals surface area contributed by atoms with E-state index >= 15 is 0 Å². The van der Waals surface area contributed by atoms with E-state index in [1.807, 2.05) is 18.2 Å². The van der Waals surface area contributed by atoms with Crippen LogP contribution in [-0.4, -0.2) is 29.6 Å². The number of halogens is 3. The number of thiocarbonyl (C=S) groups is 1. The average molecular weight is 500 g/mol. The molecular formula is C22H21Cl3N2O3S. The molecule has 0 atom stereocenters. The van der Waals surface area contributed by atoms with Gasteiger partial charge in [-0.05, 0) is 54.5 Å². The van der Waals surface area contributed by atoms with Gasteiger partial charge in [-0.2, -0.15) is 0 Å². The first-order chi connectivity index (χ1) is 14.8. The van der Waals surface area contributed by atoms with Crippen molar-refractivity contribution < 1.29 is 14.3 Å². The predicted molar refractivity (Wildman–Crippen MR) is 129 cm³/mol. The topological polar surface area (TPSA) is 50.8 Å². The van der Waals surface area contributed by atoms with Gasteiger partial charge in [-0.15, -0.1) is 0 Å². The number of nitrogens with zero attached hydrogens (tertiary/aromatic N) is 1. The molecule has 0 spiro atoms. The smallest absolute Gasteiger partial charge is 0.276 e. The summed E-state index contributed by atoms with van der Waals surface area (Å²) in [5, 5.41) is 4.48. The Morgan fingerprint density at radius 3 is 2.52 bits per heavy atom. The first kappa shape index (κ1) is 23.7. The van der Waals surface area contributed by atoms with Crippen LogP contribution in [-0.2, 0) is 11.4 Å². The Labute approximate surface area is 201 Å². The molecule has 3 rings (SSSR count).